The first kappa shape index (κ1) is 29.0. The molecule has 9 nitrogen and oxygen atoms in total. The van der Waals surface area contributed by atoms with Crippen LogP contribution in [0.1, 0.15) is 12.8 Å². The number of benzene rings is 3. The van der Waals surface area contributed by atoms with Crippen molar-refractivity contribution in [1.82, 2.24) is 5.32 Å². The minimum absolute atomic E-state index is 0.0469. The molecule has 0 aliphatic carbocycles. The van der Waals surface area contributed by atoms with Gasteiger partial charge < -0.3 is 20.3 Å². The predicted molar refractivity (Wildman–Crippen MR) is 146 cm³/mol. The molecular weight excluding hydrogens is 573 g/mol. The number of sulfonamides is 1. The second-order valence-corrected chi connectivity index (χ2v) is 11.1. The zero-order chi connectivity index (χ0) is 29.1. The molecule has 14 heteroatoms. The summed E-state index contributed by atoms with van der Waals surface area (Å²) in [6.07, 6.45) is -3.35. The van der Waals surface area contributed by atoms with E-state index < -0.39 is 40.1 Å². The summed E-state index contributed by atoms with van der Waals surface area (Å²) in [5, 5.41) is 5.69. The number of piperidine rings is 1. The molecule has 0 radical (unpaired) electrons. The quantitative estimate of drug-likeness (QED) is 0.329. The topological polar surface area (TPSA) is 117 Å². The first-order valence-electron chi connectivity index (χ1n) is 11.9. The summed E-state index contributed by atoms with van der Waals surface area (Å²) >= 11 is 5.84. The fourth-order valence-corrected chi connectivity index (χ4v) is 4.94. The van der Waals surface area contributed by atoms with E-state index in [1.54, 1.807) is 24.3 Å². The Morgan fingerprint density at radius 3 is 2.42 bits per heavy atom. The van der Waals surface area contributed by atoms with Crippen LogP contribution in [0, 0.1) is 0 Å². The lowest BCUT2D eigenvalue weighted by Gasteiger charge is -2.33. The highest BCUT2D eigenvalue weighted by atomic mass is 35.5. The number of carbonyl (C=O) groups excluding carboxylic acids is 2. The highest BCUT2D eigenvalue weighted by Crippen LogP contribution is 2.40. The Morgan fingerprint density at radius 1 is 1.05 bits per heavy atom. The molecule has 0 saturated carbocycles. The van der Waals surface area contributed by atoms with Crippen molar-refractivity contribution in [2.24, 2.45) is 0 Å². The SMILES string of the molecule is CS(=O)(=O)Nc1ccccc1-c1ccc(N2CCC[C@@H](NC(=O)Nc3ccc(Cl)cc3)C2=O)cc1OC(F)(F)F. The lowest BCUT2D eigenvalue weighted by Crippen LogP contribution is -2.53. The summed E-state index contributed by atoms with van der Waals surface area (Å²) in [4.78, 5) is 27.0. The predicted octanol–water partition coefficient (Wildman–Crippen LogP) is 5.59. The molecule has 1 fully saturated rings. The van der Waals surface area contributed by atoms with Crippen LogP contribution in [0.2, 0.25) is 5.02 Å². The number of hydrogen-bond donors (Lipinski definition) is 3. The van der Waals surface area contributed by atoms with Gasteiger partial charge in [-0.25, -0.2) is 13.2 Å². The fraction of sp³-hybridized carbons (Fsp3) is 0.231. The summed E-state index contributed by atoms with van der Waals surface area (Å²) in [7, 11) is -3.74. The molecule has 1 atom stereocenters. The van der Waals surface area contributed by atoms with Crippen molar-refractivity contribution in [2.45, 2.75) is 25.2 Å². The van der Waals surface area contributed by atoms with Crippen molar-refractivity contribution in [3.8, 4) is 16.9 Å². The van der Waals surface area contributed by atoms with Gasteiger partial charge in [0.15, 0.2) is 0 Å². The van der Waals surface area contributed by atoms with Gasteiger partial charge in [0.1, 0.15) is 11.8 Å². The van der Waals surface area contributed by atoms with Crippen LogP contribution in [0.5, 0.6) is 5.75 Å². The number of nitrogens with zero attached hydrogens (tertiary/aromatic N) is 1. The maximum absolute atomic E-state index is 13.4. The number of carbonyl (C=O) groups is 2. The third-order valence-corrected chi connectivity index (χ3v) is 6.70. The molecule has 1 aliphatic rings. The maximum Gasteiger partial charge on any atom is 0.573 e. The average Bonchev–Trinajstić information content (AvgIpc) is 2.85. The van der Waals surface area contributed by atoms with Gasteiger partial charge in [-0.05, 0) is 55.3 Å². The van der Waals surface area contributed by atoms with Crippen molar-refractivity contribution in [3.63, 3.8) is 0 Å². The average molecular weight is 597 g/mol. The smallest absolute Gasteiger partial charge is 0.405 e. The van der Waals surface area contributed by atoms with Gasteiger partial charge in [-0.2, -0.15) is 0 Å². The molecule has 3 aromatic rings. The van der Waals surface area contributed by atoms with E-state index in [1.807, 2.05) is 0 Å². The summed E-state index contributed by atoms with van der Waals surface area (Å²) in [6, 6.07) is 14.5. The Balaban J connectivity index is 1.61. The second kappa shape index (κ2) is 11.6. The number of hydrogen-bond acceptors (Lipinski definition) is 5. The fourth-order valence-electron chi connectivity index (χ4n) is 4.24. The van der Waals surface area contributed by atoms with Gasteiger partial charge in [0, 0.05) is 40.1 Å². The van der Waals surface area contributed by atoms with Crippen LogP contribution in [0.4, 0.5) is 35.0 Å². The van der Waals surface area contributed by atoms with Crippen LogP contribution >= 0.6 is 11.6 Å². The molecule has 4 rings (SSSR count). The number of halogens is 4. The minimum Gasteiger partial charge on any atom is -0.405 e. The Morgan fingerprint density at radius 2 is 1.75 bits per heavy atom. The molecule has 0 aromatic heterocycles. The number of amides is 3. The van der Waals surface area contributed by atoms with Crippen LogP contribution in [0.25, 0.3) is 11.1 Å². The number of urea groups is 1. The van der Waals surface area contributed by atoms with E-state index in [2.05, 4.69) is 20.1 Å². The lowest BCUT2D eigenvalue weighted by atomic mass is 10.00. The number of ether oxygens (including phenoxy) is 1. The molecular formula is C26H24ClF3N4O5S. The van der Waals surface area contributed by atoms with Crippen LogP contribution in [-0.2, 0) is 14.8 Å². The van der Waals surface area contributed by atoms with E-state index in [1.165, 1.54) is 41.3 Å². The number of nitrogens with one attached hydrogen (secondary N) is 3. The first-order chi connectivity index (χ1) is 18.8. The number of anilines is 3. The molecule has 212 valence electrons. The Hall–Kier alpha value is -3.97. The minimum atomic E-state index is -5.07. The zero-order valence-electron chi connectivity index (χ0n) is 21.0. The highest BCUT2D eigenvalue weighted by molar-refractivity contribution is 7.92. The Labute approximate surface area is 233 Å². The van der Waals surface area contributed by atoms with Gasteiger partial charge in [0.25, 0.3) is 0 Å². The van der Waals surface area contributed by atoms with Crippen LogP contribution < -0.4 is 25.0 Å². The van der Waals surface area contributed by atoms with Gasteiger partial charge in [0.2, 0.25) is 15.9 Å². The Bertz CT molecular complexity index is 1520. The number of alkyl halides is 3. The van der Waals surface area contributed by atoms with Crippen molar-refractivity contribution in [1.29, 1.82) is 0 Å². The maximum atomic E-state index is 13.4. The van der Waals surface area contributed by atoms with Gasteiger partial charge >= 0.3 is 12.4 Å². The second-order valence-electron chi connectivity index (χ2n) is 8.94. The van der Waals surface area contributed by atoms with Gasteiger partial charge in [0.05, 0.1) is 11.9 Å². The summed E-state index contributed by atoms with van der Waals surface area (Å²) in [6.45, 7) is 0.201. The van der Waals surface area contributed by atoms with E-state index in [-0.39, 0.29) is 29.0 Å². The molecule has 0 spiro atoms. The normalized spacial score (nSPS) is 15.9. The monoisotopic (exact) mass is 596 g/mol. The van der Waals surface area contributed by atoms with E-state index in [9.17, 15) is 31.2 Å². The summed E-state index contributed by atoms with van der Waals surface area (Å²) in [5.41, 5.74) is 0.717. The van der Waals surface area contributed by atoms with Crippen LogP contribution in [0.15, 0.2) is 66.7 Å². The van der Waals surface area contributed by atoms with E-state index in [4.69, 9.17) is 11.6 Å². The number of rotatable bonds is 7. The number of para-hydroxylation sites is 1. The van der Waals surface area contributed by atoms with Crippen molar-refractivity contribution in [2.75, 3.05) is 27.7 Å². The molecule has 3 amide bonds. The standard InChI is InChI=1S/C26H24ClF3N4O5S/c1-40(37,38)33-21-6-3-2-5-19(21)20-13-12-18(15-23(20)39-26(28,29)30)34-14-4-7-22(24(34)35)32-25(36)31-17-10-8-16(27)9-11-17/h2-3,5-6,8-13,15,22,33H,4,7,14H2,1H3,(H2,31,32,36)/t22-/m1/s1. The van der Waals surface area contributed by atoms with Gasteiger partial charge in [-0.15, -0.1) is 13.2 Å². The van der Waals surface area contributed by atoms with E-state index in [0.717, 1.165) is 12.3 Å². The molecule has 1 saturated heterocycles. The Kier molecular flexibility index (Phi) is 8.45. The molecule has 0 unspecified atom stereocenters. The van der Waals surface area contributed by atoms with Crippen LogP contribution in [0.3, 0.4) is 0 Å². The molecule has 3 N–H and O–H groups in total. The van der Waals surface area contributed by atoms with Gasteiger partial charge in [-0.1, -0.05) is 29.8 Å². The van der Waals surface area contributed by atoms with E-state index >= 15 is 0 Å². The highest BCUT2D eigenvalue weighted by Gasteiger charge is 2.35. The zero-order valence-corrected chi connectivity index (χ0v) is 22.5. The van der Waals surface area contributed by atoms with Gasteiger partial charge in [-0.3, -0.25) is 9.52 Å². The van der Waals surface area contributed by atoms with Crippen molar-refractivity contribution in [3.05, 3.63) is 71.8 Å². The summed E-state index contributed by atoms with van der Waals surface area (Å²) < 4.78 is 70.4. The molecule has 1 heterocycles. The van der Waals surface area contributed by atoms with Crippen molar-refractivity contribution < 1.29 is 35.9 Å². The third kappa shape index (κ3) is 7.57. The van der Waals surface area contributed by atoms with Crippen LogP contribution in [-0.4, -0.2) is 45.6 Å². The van der Waals surface area contributed by atoms with Crippen molar-refractivity contribution >= 4 is 50.6 Å². The first-order valence-corrected chi connectivity index (χ1v) is 14.2. The molecule has 3 aromatic carbocycles. The molecule has 40 heavy (non-hydrogen) atoms. The molecule has 0 bridgehead atoms. The third-order valence-electron chi connectivity index (χ3n) is 5.86. The molecule has 1 aliphatic heterocycles. The lowest BCUT2D eigenvalue weighted by molar-refractivity contribution is -0.274. The largest absolute Gasteiger partial charge is 0.573 e. The summed E-state index contributed by atoms with van der Waals surface area (Å²) in [5.74, 6) is -1.14. The van der Waals surface area contributed by atoms with E-state index in [0.29, 0.717) is 23.6 Å².